The average Bonchev–Trinajstić information content (AvgIpc) is 3.20. The molecule has 0 aliphatic rings. The van der Waals surface area contributed by atoms with Gasteiger partial charge in [0.05, 0.1) is 19.4 Å². The van der Waals surface area contributed by atoms with Crippen LogP contribution in [0.4, 0.5) is 0 Å². The van der Waals surface area contributed by atoms with Gasteiger partial charge in [-0.05, 0) is 42.0 Å². The average molecular weight is 345 g/mol. The standard InChI is InChI=1S/C22H19NO3/c1-2-14-23(16-21-9-6-15-25-21)22(24)19-10-12-20(13-11-19)26-17-18-7-4-3-5-8-18/h1,3-13,15H,14,16-17H2. The predicted molar refractivity (Wildman–Crippen MR) is 99.5 cm³/mol. The van der Waals surface area contributed by atoms with E-state index in [1.807, 2.05) is 36.4 Å². The molecule has 3 rings (SSSR count). The van der Waals surface area contributed by atoms with Gasteiger partial charge in [-0.1, -0.05) is 36.3 Å². The molecule has 0 atom stereocenters. The summed E-state index contributed by atoms with van der Waals surface area (Å²) in [5, 5.41) is 0. The normalized spacial score (nSPS) is 10.1. The molecule has 1 amide bonds. The van der Waals surface area contributed by atoms with Crippen LogP contribution in [-0.2, 0) is 13.2 Å². The summed E-state index contributed by atoms with van der Waals surface area (Å²) in [7, 11) is 0. The molecule has 1 aromatic heterocycles. The highest BCUT2D eigenvalue weighted by Crippen LogP contribution is 2.16. The van der Waals surface area contributed by atoms with Gasteiger partial charge >= 0.3 is 0 Å². The van der Waals surface area contributed by atoms with E-state index in [2.05, 4.69) is 5.92 Å². The maximum atomic E-state index is 12.7. The lowest BCUT2D eigenvalue weighted by Crippen LogP contribution is -2.30. The quantitative estimate of drug-likeness (QED) is 0.605. The molecule has 4 nitrogen and oxygen atoms in total. The molecule has 0 unspecified atom stereocenters. The molecular weight excluding hydrogens is 326 g/mol. The summed E-state index contributed by atoms with van der Waals surface area (Å²) in [5.41, 5.74) is 1.64. The van der Waals surface area contributed by atoms with Crippen LogP contribution in [0.1, 0.15) is 21.7 Å². The summed E-state index contributed by atoms with van der Waals surface area (Å²) >= 11 is 0. The predicted octanol–water partition coefficient (Wildman–Crippen LogP) is 4.13. The highest BCUT2D eigenvalue weighted by Gasteiger charge is 2.16. The lowest BCUT2D eigenvalue weighted by atomic mass is 10.2. The van der Waals surface area contributed by atoms with E-state index in [9.17, 15) is 4.79 Å². The van der Waals surface area contributed by atoms with Crippen LogP contribution in [0.15, 0.2) is 77.4 Å². The zero-order valence-corrected chi connectivity index (χ0v) is 14.3. The number of carbonyl (C=O) groups excluding carboxylic acids is 1. The molecule has 0 N–H and O–H groups in total. The molecule has 0 aliphatic carbocycles. The molecule has 0 saturated carbocycles. The molecule has 0 saturated heterocycles. The van der Waals surface area contributed by atoms with Crippen molar-refractivity contribution < 1.29 is 13.9 Å². The van der Waals surface area contributed by atoms with Crippen LogP contribution in [0.2, 0.25) is 0 Å². The maximum absolute atomic E-state index is 12.7. The molecule has 3 aromatic rings. The number of amides is 1. The minimum absolute atomic E-state index is 0.144. The Morgan fingerprint density at radius 3 is 2.46 bits per heavy atom. The van der Waals surface area contributed by atoms with E-state index < -0.39 is 0 Å². The summed E-state index contributed by atoms with van der Waals surface area (Å²) < 4.78 is 11.1. The smallest absolute Gasteiger partial charge is 0.255 e. The number of rotatable bonds is 7. The van der Waals surface area contributed by atoms with E-state index in [1.54, 1.807) is 41.5 Å². The second-order valence-corrected chi connectivity index (χ2v) is 5.74. The van der Waals surface area contributed by atoms with E-state index >= 15 is 0 Å². The third kappa shape index (κ3) is 4.55. The number of benzene rings is 2. The van der Waals surface area contributed by atoms with Crippen LogP contribution in [-0.4, -0.2) is 17.4 Å². The molecular formula is C22H19NO3. The Bertz CT molecular complexity index is 862. The van der Waals surface area contributed by atoms with Crippen molar-refractivity contribution in [1.29, 1.82) is 0 Å². The summed E-state index contributed by atoms with van der Waals surface area (Å²) in [4.78, 5) is 14.3. The van der Waals surface area contributed by atoms with Crippen LogP contribution in [0.25, 0.3) is 0 Å². The van der Waals surface area contributed by atoms with Crippen molar-refractivity contribution in [2.75, 3.05) is 6.54 Å². The van der Waals surface area contributed by atoms with E-state index in [4.69, 9.17) is 15.6 Å². The molecule has 2 aromatic carbocycles. The monoisotopic (exact) mass is 345 g/mol. The lowest BCUT2D eigenvalue weighted by molar-refractivity contribution is 0.0755. The van der Waals surface area contributed by atoms with Crippen molar-refractivity contribution in [2.24, 2.45) is 0 Å². The van der Waals surface area contributed by atoms with Crippen molar-refractivity contribution in [3.05, 3.63) is 89.9 Å². The van der Waals surface area contributed by atoms with Crippen LogP contribution in [0, 0.1) is 12.3 Å². The Kier molecular flexibility index (Phi) is 5.74. The van der Waals surface area contributed by atoms with Gasteiger partial charge < -0.3 is 14.1 Å². The minimum Gasteiger partial charge on any atom is -0.489 e. The highest BCUT2D eigenvalue weighted by molar-refractivity contribution is 5.94. The van der Waals surface area contributed by atoms with Gasteiger partial charge in [0.2, 0.25) is 0 Å². The topological polar surface area (TPSA) is 42.7 Å². The van der Waals surface area contributed by atoms with Crippen LogP contribution in [0.5, 0.6) is 5.75 Å². The number of ether oxygens (including phenoxy) is 1. The second-order valence-electron chi connectivity index (χ2n) is 5.74. The fourth-order valence-corrected chi connectivity index (χ4v) is 2.52. The summed E-state index contributed by atoms with van der Waals surface area (Å²) in [6.45, 7) is 1.03. The molecule has 4 heteroatoms. The SMILES string of the molecule is C#CCN(Cc1ccco1)C(=O)c1ccc(OCc2ccccc2)cc1. The zero-order valence-electron chi connectivity index (χ0n) is 14.3. The van der Waals surface area contributed by atoms with Gasteiger partial charge in [0.1, 0.15) is 18.1 Å². The molecule has 0 aliphatic heterocycles. The van der Waals surface area contributed by atoms with Gasteiger partial charge in [0.25, 0.3) is 5.91 Å². The highest BCUT2D eigenvalue weighted by atomic mass is 16.5. The van der Waals surface area contributed by atoms with Gasteiger partial charge in [-0.3, -0.25) is 4.79 Å². The Labute approximate surface area is 153 Å². The molecule has 0 fully saturated rings. The largest absolute Gasteiger partial charge is 0.489 e. The molecule has 130 valence electrons. The third-order valence-electron chi connectivity index (χ3n) is 3.85. The van der Waals surface area contributed by atoms with Crippen molar-refractivity contribution in [1.82, 2.24) is 4.90 Å². The first-order valence-corrected chi connectivity index (χ1v) is 8.28. The van der Waals surface area contributed by atoms with Crippen molar-refractivity contribution >= 4 is 5.91 Å². The van der Waals surface area contributed by atoms with E-state index in [-0.39, 0.29) is 12.5 Å². The maximum Gasteiger partial charge on any atom is 0.255 e. The van der Waals surface area contributed by atoms with E-state index in [0.29, 0.717) is 30.2 Å². The number of carbonyl (C=O) groups is 1. The molecule has 0 bridgehead atoms. The first-order valence-electron chi connectivity index (χ1n) is 8.28. The zero-order chi connectivity index (χ0) is 18.2. The Morgan fingerprint density at radius 2 is 1.81 bits per heavy atom. The van der Waals surface area contributed by atoms with E-state index in [0.717, 1.165) is 5.56 Å². The van der Waals surface area contributed by atoms with Gasteiger partial charge in [-0.2, -0.15) is 0 Å². The van der Waals surface area contributed by atoms with Gasteiger partial charge in [0.15, 0.2) is 0 Å². The molecule has 1 heterocycles. The summed E-state index contributed by atoms with van der Waals surface area (Å²) in [5.74, 6) is 3.77. The van der Waals surface area contributed by atoms with Crippen molar-refractivity contribution in [2.45, 2.75) is 13.2 Å². The number of terminal acetylenes is 1. The molecule has 0 spiro atoms. The lowest BCUT2D eigenvalue weighted by Gasteiger charge is -2.19. The summed E-state index contributed by atoms with van der Waals surface area (Å²) in [6.07, 6.45) is 6.97. The number of furan rings is 1. The van der Waals surface area contributed by atoms with Crippen LogP contribution < -0.4 is 4.74 Å². The first-order chi connectivity index (χ1) is 12.8. The molecule has 26 heavy (non-hydrogen) atoms. The summed E-state index contributed by atoms with van der Waals surface area (Å²) in [6, 6.07) is 20.6. The second kappa shape index (κ2) is 8.59. The van der Waals surface area contributed by atoms with Crippen LogP contribution in [0.3, 0.4) is 0 Å². The minimum atomic E-state index is -0.144. The van der Waals surface area contributed by atoms with E-state index in [1.165, 1.54) is 0 Å². The number of nitrogens with zero attached hydrogens (tertiary/aromatic N) is 1. The van der Waals surface area contributed by atoms with Gasteiger partial charge in [0, 0.05) is 5.56 Å². The van der Waals surface area contributed by atoms with Gasteiger partial charge in [-0.25, -0.2) is 0 Å². The fraction of sp³-hybridized carbons (Fsp3) is 0.136. The number of hydrogen-bond donors (Lipinski definition) is 0. The Hall–Kier alpha value is -3.45. The van der Waals surface area contributed by atoms with Crippen LogP contribution >= 0.6 is 0 Å². The number of hydrogen-bond acceptors (Lipinski definition) is 3. The Balaban J connectivity index is 1.64. The van der Waals surface area contributed by atoms with Crippen molar-refractivity contribution in [3.8, 4) is 18.1 Å². The fourth-order valence-electron chi connectivity index (χ4n) is 2.52. The molecule has 0 radical (unpaired) electrons. The third-order valence-corrected chi connectivity index (χ3v) is 3.85. The Morgan fingerprint density at radius 1 is 1.04 bits per heavy atom. The van der Waals surface area contributed by atoms with Crippen molar-refractivity contribution in [3.63, 3.8) is 0 Å². The van der Waals surface area contributed by atoms with Gasteiger partial charge in [-0.15, -0.1) is 6.42 Å². The first kappa shape index (κ1) is 17.4.